The van der Waals surface area contributed by atoms with Crippen LogP contribution < -0.4 is 10.6 Å². The maximum Gasteiger partial charge on any atom is 0.255 e. The topological polar surface area (TPSA) is 105 Å². The first-order valence-electron chi connectivity index (χ1n) is 9.71. The first-order valence-corrected chi connectivity index (χ1v) is 11.2. The van der Waals surface area contributed by atoms with Crippen LogP contribution in [0, 0.1) is 6.92 Å². The monoisotopic (exact) mass is 431 g/mol. The zero-order valence-electron chi connectivity index (χ0n) is 17.0. The molecule has 1 fully saturated rings. The van der Waals surface area contributed by atoms with E-state index in [1.54, 1.807) is 43.3 Å². The van der Waals surface area contributed by atoms with E-state index in [4.69, 9.17) is 4.74 Å². The molecule has 0 saturated carbocycles. The summed E-state index contributed by atoms with van der Waals surface area (Å²) in [6.45, 7) is 5.20. The lowest BCUT2D eigenvalue weighted by Gasteiger charge is -2.26. The van der Waals surface area contributed by atoms with Crippen molar-refractivity contribution in [1.82, 2.24) is 9.62 Å². The van der Waals surface area contributed by atoms with Crippen molar-refractivity contribution in [3.05, 3.63) is 59.2 Å². The van der Waals surface area contributed by atoms with E-state index in [1.807, 2.05) is 6.92 Å². The van der Waals surface area contributed by atoms with Crippen molar-refractivity contribution in [1.29, 1.82) is 0 Å². The minimum atomic E-state index is -3.74. The Bertz CT molecular complexity index is 1050. The van der Waals surface area contributed by atoms with Crippen molar-refractivity contribution in [2.75, 3.05) is 38.2 Å². The Morgan fingerprint density at radius 3 is 2.47 bits per heavy atom. The average Bonchev–Trinajstić information content (AvgIpc) is 2.75. The van der Waals surface area contributed by atoms with Gasteiger partial charge in [-0.25, -0.2) is 8.42 Å². The lowest BCUT2D eigenvalue weighted by atomic mass is 10.1. The normalized spacial score (nSPS) is 14.9. The molecule has 0 radical (unpaired) electrons. The summed E-state index contributed by atoms with van der Waals surface area (Å²) in [5, 5.41) is 5.42. The van der Waals surface area contributed by atoms with Crippen molar-refractivity contribution in [2.24, 2.45) is 0 Å². The first-order chi connectivity index (χ1) is 14.3. The molecule has 0 aromatic heterocycles. The van der Waals surface area contributed by atoms with Gasteiger partial charge in [-0.2, -0.15) is 4.31 Å². The third-order valence-electron chi connectivity index (χ3n) is 4.80. The van der Waals surface area contributed by atoms with Gasteiger partial charge in [0, 0.05) is 25.2 Å². The predicted octanol–water partition coefficient (Wildman–Crippen LogP) is 2.02. The second-order valence-electron chi connectivity index (χ2n) is 6.86. The van der Waals surface area contributed by atoms with E-state index in [1.165, 1.54) is 10.4 Å². The Balaban J connectivity index is 1.88. The molecule has 1 aliphatic heterocycles. The van der Waals surface area contributed by atoms with Crippen molar-refractivity contribution < 1.29 is 22.7 Å². The van der Waals surface area contributed by atoms with Crippen LogP contribution >= 0.6 is 0 Å². The number of carbonyl (C=O) groups is 2. The summed E-state index contributed by atoms with van der Waals surface area (Å²) in [4.78, 5) is 25.2. The number of hydrogen-bond acceptors (Lipinski definition) is 5. The van der Waals surface area contributed by atoms with E-state index in [0.717, 1.165) is 0 Å². The van der Waals surface area contributed by atoms with Crippen molar-refractivity contribution in [2.45, 2.75) is 18.7 Å². The first kappa shape index (κ1) is 21.9. The summed E-state index contributed by atoms with van der Waals surface area (Å²) in [5.41, 5.74) is 1.44. The number of nitrogens with one attached hydrogen (secondary N) is 2. The molecule has 1 aliphatic rings. The zero-order valence-corrected chi connectivity index (χ0v) is 17.8. The summed E-state index contributed by atoms with van der Waals surface area (Å²) in [6, 6.07) is 11.2. The van der Waals surface area contributed by atoms with Crippen molar-refractivity contribution >= 4 is 27.5 Å². The number of ether oxygens (including phenoxy) is 1. The molecule has 0 atom stereocenters. The van der Waals surface area contributed by atoms with Crippen LogP contribution in [-0.4, -0.2) is 57.4 Å². The highest BCUT2D eigenvalue weighted by molar-refractivity contribution is 7.89. The van der Waals surface area contributed by atoms with Crippen LogP contribution in [0.25, 0.3) is 0 Å². The summed E-state index contributed by atoms with van der Waals surface area (Å²) in [6.07, 6.45) is 0. The minimum Gasteiger partial charge on any atom is -0.379 e. The Morgan fingerprint density at radius 2 is 1.77 bits per heavy atom. The third kappa shape index (κ3) is 4.69. The van der Waals surface area contributed by atoms with Crippen LogP contribution in [0.5, 0.6) is 0 Å². The van der Waals surface area contributed by atoms with E-state index in [9.17, 15) is 18.0 Å². The number of sulfonamides is 1. The molecular formula is C21H25N3O5S. The molecule has 160 valence electrons. The summed E-state index contributed by atoms with van der Waals surface area (Å²) in [7, 11) is -3.74. The van der Waals surface area contributed by atoms with Crippen LogP contribution in [0.15, 0.2) is 47.4 Å². The van der Waals surface area contributed by atoms with E-state index in [2.05, 4.69) is 10.6 Å². The van der Waals surface area contributed by atoms with Gasteiger partial charge in [-0.3, -0.25) is 9.59 Å². The SMILES string of the molecule is CCNC(=O)c1ccccc1NC(=O)c1ccc(C)c(S(=O)(=O)N2CCOCC2)c1. The lowest BCUT2D eigenvalue weighted by Crippen LogP contribution is -2.40. The number of aryl methyl sites for hydroxylation is 1. The Morgan fingerprint density at radius 1 is 1.07 bits per heavy atom. The zero-order chi connectivity index (χ0) is 21.7. The molecule has 0 bridgehead atoms. The number of benzene rings is 2. The third-order valence-corrected chi connectivity index (χ3v) is 6.84. The fourth-order valence-corrected chi connectivity index (χ4v) is 4.84. The van der Waals surface area contributed by atoms with Crippen molar-refractivity contribution in [3.63, 3.8) is 0 Å². The predicted molar refractivity (Wildman–Crippen MR) is 113 cm³/mol. The van der Waals surface area contributed by atoms with E-state index >= 15 is 0 Å². The number of amides is 2. The average molecular weight is 432 g/mol. The maximum atomic E-state index is 13.0. The van der Waals surface area contributed by atoms with Gasteiger partial charge >= 0.3 is 0 Å². The fourth-order valence-electron chi connectivity index (χ4n) is 3.19. The molecule has 1 heterocycles. The number of rotatable bonds is 6. The van der Waals surface area contributed by atoms with Crippen LogP contribution in [0.3, 0.4) is 0 Å². The molecule has 3 rings (SSSR count). The molecule has 2 aromatic carbocycles. The van der Waals surface area contributed by atoms with Gasteiger partial charge in [0.2, 0.25) is 10.0 Å². The summed E-state index contributed by atoms with van der Waals surface area (Å²) < 4.78 is 32.7. The smallest absolute Gasteiger partial charge is 0.255 e. The largest absolute Gasteiger partial charge is 0.379 e. The molecule has 0 unspecified atom stereocenters. The van der Waals surface area contributed by atoms with E-state index < -0.39 is 15.9 Å². The second kappa shape index (κ2) is 9.38. The Hall–Kier alpha value is -2.75. The van der Waals surface area contributed by atoms with Crippen LogP contribution in [0.4, 0.5) is 5.69 Å². The molecule has 30 heavy (non-hydrogen) atoms. The standard InChI is InChI=1S/C21H25N3O5S/c1-3-22-21(26)17-6-4-5-7-18(17)23-20(25)16-9-8-15(2)19(14-16)30(27,28)24-10-12-29-13-11-24/h4-9,14H,3,10-13H2,1-2H3,(H,22,26)(H,23,25). The Kier molecular flexibility index (Phi) is 6.86. The molecule has 2 N–H and O–H groups in total. The molecule has 1 saturated heterocycles. The van der Waals surface area contributed by atoms with Crippen LogP contribution in [0.2, 0.25) is 0 Å². The number of para-hydroxylation sites is 1. The fraction of sp³-hybridized carbons (Fsp3) is 0.333. The number of hydrogen-bond donors (Lipinski definition) is 2. The number of morpholine rings is 1. The molecule has 2 amide bonds. The molecule has 0 spiro atoms. The van der Waals surface area contributed by atoms with Gasteiger partial charge in [0.1, 0.15) is 0 Å². The summed E-state index contributed by atoms with van der Waals surface area (Å²) in [5.74, 6) is -0.793. The highest BCUT2D eigenvalue weighted by Gasteiger charge is 2.28. The molecule has 2 aromatic rings. The van der Waals surface area contributed by atoms with Gasteiger partial charge in [0.25, 0.3) is 11.8 Å². The lowest BCUT2D eigenvalue weighted by molar-refractivity contribution is 0.0730. The van der Waals surface area contributed by atoms with Gasteiger partial charge in [0.15, 0.2) is 0 Å². The van der Waals surface area contributed by atoms with Gasteiger partial charge in [-0.1, -0.05) is 18.2 Å². The maximum absolute atomic E-state index is 13.0. The highest BCUT2D eigenvalue weighted by atomic mass is 32.2. The van der Waals surface area contributed by atoms with E-state index in [-0.39, 0.29) is 29.5 Å². The van der Waals surface area contributed by atoms with Gasteiger partial charge in [-0.15, -0.1) is 0 Å². The van der Waals surface area contributed by atoms with Crippen molar-refractivity contribution in [3.8, 4) is 0 Å². The molecule has 0 aliphatic carbocycles. The van der Waals surface area contributed by atoms with Crippen LogP contribution in [-0.2, 0) is 14.8 Å². The molecular weight excluding hydrogens is 406 g/mol. The van der Waals surface area contributed by atoms with Crippen LogP contribution in [0.1, 0.15) is 33.2 Å². The number of carbonyl (C=O) groups excluding carboxylic acids is 2. The van der Waals surface area contributed by atoms with Gasteiger partial charge in [0.05, 0.1) is 29.4 Å². The molecule has 8 nitrogen and oxygen atoms in total. The number of nitrogens with zero attached hydrogens (tertiary/aromatic N) is 1. The van der Waals surface area contributed by atoms with Gasteiger partial charge < -0.3 is 15.4 Å². The minimum absolute atomic E-state index is 0.0917. The second-order valence-corrected chi connectivity index (χ2v) is 8.76. The van der Waals surface area contributed by atoms with E-state index in [0.29, 0.717) is 36.6 Å². The Labute approximate surface area is 176 Å². The quantitative estimate of drug-likeness (QED) is 0.728. The number of anilines is 1. The van der Waals surface area contributed by atoms with Gasteiger partial charge in [-0.05, 0) is 43.7 Å². The molecule has 9 heteroatoms. The summed E-state index contributed by atoms with van der Waals surface area (Å²) >= 11 is 0. The highest BCUT2D eigenvalue weighted by Crippen LogP contribution is 2.23.